The number of aryl methyl sites for hydroxylation is 1. The number of benzene rings is 2. The highest BCUT2D eigenvalue weighted by molar-refractivity contribution is 6.84. The maximum atomic E-state index is 6.22. The highest BCUT2D eigenvalue weighted by Gasteiger charge is 2.24. The summed E-state index contributed by atoms with van der Waals surface area (Å²) in [6.45, 7) is 7.35. The Morgan fingerprint density at radius 1 is 0.889 bits per heavy atom. The van der Waals surface area contributed by atoms with E-state index in [2.05, 4.69) is 74.6 Å². The van der Waals surface area contributed by atoms with E-state index in [-0.39, 0.29) is 0 Å². The third-order valence-corrected chi connectivity index (χ3v) is 5.91. The van der Waals surface area contributed by atoms with Gasteiger partial charge in [-0.25, -0.2) is 0 Å². The zero-order valence-electron chi connectivity index (χ0n) is 11.3. The topological polar surface area (TPSA) is 9.23 Å². The predicted octanol–water partition coefficient (Wildman–Crippen LogP) is 3.62. The van der Waals surface area contributed by atoms with Crippen molar-refractivity contribution in [3.8, 4) is 0 Å². The summed E-state index contributed by atoms with van der Waals surface area (Å²) < 4.78 is 6.22. The van der Waals surface area contributed by atoms with Gasteiger partial charge >= 0.3 is 0 Å². The SMILES string of the molecule is Cc1ccccc1CO[Si](C)(C)c1ccccc1. The van der Waals surface area contributed by atoms with Gasteiger partial charge in [-0.1, -0.05) is 54.6 Å². The van der Waals surface area contributed by atoms with Crippen molar-refractivity contribution in [2.45, 2.75) is 26.6 Å². The summed E-state index contributed by atoms with van der Waals surface area (Å²) in [5.41, 5.74) is 2.59. The fraction of sp³-hybridized carbons (Fsp3) is 0.250. The van der Waals surface area contributed by atoms with Gasteiger partial charge in [0.05, 0.1) is 6.61 Å². The van der Waals surface area contributed by atoms with Crippen molar-refractivity contribution < 1.29 is 4.43 Å². The van der Waals surface area contributed by atoms with Crippen LogP contribution in [0.4, 0.5) is 0 Å². The molecule has 0 heterocycles. The Balaban J connectivity index is 2.08. The lowest BCUT2D eigenvalue weighted by Gasteiger charge is -2.23. The molecule has 0 spiro atoms. The molecule has 0 aromatic heterocycles. The Bertz CT molecular complexity index is 506. The Labute approximate surface area is 111 Å². The van der Waals surface area contributed by atoms with Crippen LogP contribution in [0.5, 0.6) is 0 Å². The zero-order valence-corrected chi connectivity index (χ0v) is 12.3. The molecule has 2 aromatic rings. The van der Waals surface area contributed by atoms with E-state index in [1.165, 1.54) is 16.3 Å². The first kappa shape index (κ1) is 13.1. The highest BCUT2D eigenvalue weighted by Crippen LogP contribution is 2.13. The van der Waals surface area contributed by atoms with Crippen LogP contribution in [0.3, 0.4) is 0 Å². The Morgan fingerprint density at radius 3 is 2.17 bits per heavy atom. The minimum atomic E-state index is -1.79. The molecule has 0 saturated carbocycles. The normalized spacial score (nSPS) is 11.5. The van der Waals surface area contributed by atoms with Gasteiger partial charge in [-0.2, -0.15) is 0 Å². The minimum absolute atomic E-state index is 0.709. The van der Waals surface area contributed by atoms with Gasteiger partial charge in [0.1, 0.15) is 0 Å². The number of rotatable bonds is 4. The predicted molar refractivity (Wildman–Crippen MR) is 79.5 cm³/mol. The van der Waals surface area contributed by atoms with Crippen LogP contribution in [0.1, 0.15) is 11.1 Å². The minimum Gasteiger partial charge on any atom is -0.409 e. The van der Waals surface area contributed by atoms with Gasteiger partial charge in [-0.05, 0) is 36.3 Å². The molecule has 18 heavy (non-hydrogen) atoms. The Morgan fingerprint density at radius 2 is 1.50 bits per heavy atom. The van der Waals surface area contributed by atoms with Crippen LogP contribution in [0.15, 0.2) is 54.6 Å². The van der Waals surface area contributed by atoms with Crippen LogP contribution >= 0.6 is 0 Å². The third kappa shape index (κ3) is 3.09. The third-order valence-electron chi connectivity index (χ3n) is 3.32. The van der Waals surface area contributed by atoms with Crippen molar-refractivity contribution in [1.29, 1.82) is 0 Å². The second-order valence-electron chi connectivity index (χ2n) is 5.09. The van der Waals surface area contributed by atoms with Crippen molar-refractivity contribution in [3.05, 3.63) is 65.7 Å². The Hall–Kier alpha value is -1.38. The van der Waals surface area contributed by atoms with Crippen LogP contribution in [-0.2, 0) is 11.0 Å². The highest BCUT2D eigenvalue weighted by atomic mass is 28.4. The van der Waals surface area contributed by atoms with E-state index in [0.29, 0.717) is 6.61 Å². The van der Waals surface area contributed by atoms with Crippen molar-refractivity contribution in [2.75, 3.05) is 0 Å². The molecule has 1 nitrogen and oxygen atoms in total. The molecule has 94 valence electrons. The molecule has 0 aliphatic heterocycles. The van der Waals surface area contributed by atoms with Crippen LogP contribution in [0, 0.1) is 6.92 Å². The van der Waals surface area contributed by atoms with Gasteiger partial charge in [-0.3, -0.25) is 0 Å². The van der Waals surface area contributed by atoms with Gasteiger partial charge in [-0.15, -0.1) is 0 Å². The molecular weight excluding hydrogens is 236 g/mol. The standard InChI is InChI=1S/C16H20OSi/c1-14-9-7-8-10-15(14)13-17-18(2,3)16-11-5-4-6-12-16/h4-12H,13H2,1-3H3. The van der Waals surface area contributed by atoms with Crippen LogP contribution in [-0.4, -0.2) is 8.32 Å². The van der Waals surface area contributed by atoms with E-state index in [0.717, 1.165) is 0 Å². The summed E-state index contributed by atoms with van der Waals surface area (Å²) in [6.07, 6.45) is 0. The largest absolute Gasteiger partial charge is 0.409 e. The Kier molecular flexibility index (Phi) is 3.99. The molecule has 0 bridgehead atoms. The summed E-state index contributed by atoms with van der Waals surface area (Å²) in [6, 6.07) is 19.0. The first-order chi connectivity index (χ1) is 8.59. The van der Waals surface area contributed by atoms with Gasteiger partial charge in [0.15, 0.2) is 0 Å². The van der Waals surface area contributed by atoms with Gasteiger partial charge in [0.2, 0.25) is 8.32 Å². The lowest BCUT2D eigenvalue weighted by atomic mass is 10.1. The van der Waals surface area contributed by atoms with E-state index < -0.39 is 8.32 Å². The molecule has 0 aliphatic carbocycles. The summed E-state index contributed by atoms with van der Waals surface area (Å²) in [7, 11) is -1.79. The van der Waals surface area contributed by atoms with Crippen molar-refractivity contribution in [2.24, 2.45) is 0 Å². The second-order valence-corrected chi connectivity index (χ2v) is 8.98. The molecule has 0 atom stereocenters. The van der Waals surface area contributed by atoms with E-state index in [1.807, 2.05) is 0 Å². The smallest absolute Gasteiger partial charge is 0.218 e. The van der Waals surface area contributed by atoms with E-state index >= 15 is 0 Å². The molecule has 2 heteroatoms. The second kappa shape index (κ2) is 5.51. The van der Waals surface area contributed by atoms with E-state index in [1.54, 1.807) is 0 Å². The first-order valence-electron chi connectivity index (χ1n) is 6.33. The van der Waals surface area contributed by atoms with Crippen molar-refractivity contribution in [1.82, 2.24) is 0 Å². The fourth-order valence-electron chi connectivity index (χ4n) is 1.95. The summed E-state index contributed by atoms with van der Waals surface area (Å²) in [4.78, 5) is 0. The van der Waals surface area contributed by atoms with Gasteiger partial charge < -0.3 is 4.43 Å². The lowest BCUT2D eigenvalue weighted by molar-refractivity contribution is 0.303. The summed E-state index contributed by atoms with van der Waals surface area (Å²) in [5.74, 6) is 0. The number of hydrogen-bond acceptors (Lipinski definition) is 1. The quantitative estimate of drug-likeness (QED) is 0.759. The lowest BCUT2D eigenvalue weighted by Crippen LogP contribution is -2.44. The van der Waals surface area contributed by atoms with Gasteiger partial charge in [0.25, 0.3) is 0 Å². The van der Waals surface area contributed by atoms with Gasteiger partial charge in [0, 0.05) is 0 Å². The first-order valence-corrected chi connectivity index (χ1v) is 9.24. The molecule has 0 unspecified atom stereocenters. The molecule has 0 amide bonds. The van der Waals surface area contributed by atoms with Crippen molar-refractivity contribution >= 4 is 13.5 Å². The summed E-state index contributed by atoms with van der Waals surface area (Å²) in [5, 5.41) is 1.35. The van der Waals surface area contributed by atoms with E-state index in [4.69, 9.17) is 4.43 Å². The van der Waals surface area contributed by atoms with E-state index in [9.17, 15) is 0 Å². The van der Waals surface area contributed by atoms with Crippen LogP contribution < -0.4 is 5.19 Å². The molecule has 0 saturated heterocycles. The average Bonchev–Trinajstić information content (AvgIpc) is 2.39. The van der Waals surface area contributed by atoms with Crippen molar-refractivity contribution in [3.63, 3.8) is 0 Å². The molecule has 2 aromatic carbocycles. The molecule has 0 radical (unpaired) electrons. The maximum absolute atomic E-state index is 6.22. The van der Waals surface area contributed by atoms with Crippen LogP contribution in [0.2, 0.25) is 13.1 Å². The molecule has 2 rings (SSSR count). The summed E-state index contributed by atoms with van der Waals surface area (Å²) >= 11 is 0. The fourth-order valence-corrected chi connectivity index (χ4v) is 3.63. The average molecular weight is 256 g/mol. The monoisotopic (exact) mass is 256 g/mol. The molecule has 0 fully saturated rings. The maximum Gasteiger partial charge on any atom is 0.218 e. The zero-order chi connectivity index (χ0) is 13.0. The van der Waals surface area contributed by atoms with Crippen LogP contribution in [0.25, 0.3) is 0 Å². The molecule has 0 aliphatic rings. The molecular formula is C16H20OSi. The molecule has 0 N–H and O–H groups in total. The number of hydrogen-bond donors (Lipinski definition) is 0.